The van der Waals surface area contributed by atoms with E-state index in [-0.39, 0.29) is 11.5 Å². The van der Waals surface area contributed by atoms with E-state index in [1.165, 1.54) is 17.8 Å². The normalized spacial score (nSPS) is 22.8. The van der Waals surface area contributed by atoms with Crippen molar-refractivity contribution in [3.8, 4) is 16.9 Å². The second kappa shape index (κ2) is 10.0. The number of amides is 1. The molecule has 0 radical (unpaired) electrons. The first kappa shape index (κ1) is 25.0. The molecule has 3 aromatic rings. The Balaban J connectivity index is 1.33. The molecule has 3 atom stereocenters. The van der Waals surface area contributed by atoms with Crippen LogP contribution in [0.2, 0.25) is 5.15 Å². The first-order chi connectivity index (χ1) is 17.2. The topological polar surface area (TPSA) is 99.1 Å². The Labute approximate surface area is 219 Å². The Morgan fingerprint density at radius 2 is 2.03 bits per heavy atom. The molecule has 8 nitrogen and oxygen atoms in total. The molecule has 0 aromatic carbocycles. The second-order valence-corrected chi connectivity index (χ2v) is 11.5. The summed E-state index contributed by atoms with van der Waals surface area (Å²) in [6.45, 7) is 7.10. The van der Waals surface area contributed by atoms with Crippen LogP contribution in [-0.2, 0) is 4.74 Å². The van der Waals surface area contributed by atoms with E-state index in [1.807, 2.05) is 13.0 Å². The summed E-state index contributed by atoms with van der Waals surface area (Å²) < 4.78 is 11.4. The van der Waals surface area contributed by atoms with Gasteiger partial charge in [0.15, 0.2) is 0 Å². The highest BCUT2D eigenvalue weighted by molar-refractivity contribution is 7.15. The minimum Gasteiger partial charge on any atom is -0.494 e. The summed E-state index contributed by atoms with van der Waals surface area (Å²) in [5.74, 6) is 1.76. The van der Waals surface area contributed by atoms with E-state index in [2.05, 4.69) is 39.3 Å². The zero-order valence-electron chi connectivity index (χ0n) is 20.9. The number of aryl methyl sites for hydroxylation is 1. The largest absolute Gasteiger partial charge is 0.494 e. The predicted octanol–water partition coefficient (Wildman–Crippen LogP) is 5.92. The van der Waals surface area contributed by atoms with Crippen LogP contribution in [0.25, 0.3) is 11.1 Å². The van der Waals surface area contributed by atoms with E-state index < -0.39 is 0 Å². The smallest absolute Gasteiger partial charge is 0.259 e. The van der Waals surface area contributed by atoms with E-state index in [9.17, 15) is 4.79 Å². The summed E-state index contributed by atoms with van der Waals surface area (Å²) in [6, 6.07) is 3.52. The van der Waals surface area contributed by atoms with Crippen LogP contribution in [0.5, 0.6) is 5.75 Å². The summed E-state index contributed by atoms with van der Waals surface area (Å²) in [4.78, 5) is 21.7. The van der Waals surface area contributed by atoms with Gasteiger partial charge in [0.25, 0.3) is 5.91 Å². The molecular formula is C26H30ClN5O3S. The van der Waals surface area contributed by atoms with Gasteiger partial charge in [0.2, 0.25) is 5.13 Å². The van der Waals surface area contributed by atoms with Gasteiger partial charge in [-0.15, -0.1) is 10.2 Å². The van der Waals surface area contributed by atoms with Crippen molar-refractivity contribution < 1.29 is 14.3 Å². The fourth-order valence-electron chi connectivity index (χ4n) is 5.23. The van der Waals surface area contributed by atoms with Gasteiger partial charge in [-0.1, -0.05) is 22.9 Å². The van der Waals surface area contributed by atoms with E-state index in [4.69, 9.17) is 21.1 Å². The Morgan fingerprint density at radius 1 is 1.19 bits per heavy atom. The molecule has 3 aromatic heterocycles. The van der Waals surface area contributed by atoms with E-state index in [0.29, 0.717) is 50.5 Å². The molecule has 2 unspecified atom stereocenters. The number of halogens is 1. The molecule has 5 rings (SSSR count). The van der Waals surface area contributed by atoms with Crippen molar-refractivity contribution in [1.29, 1.82) is 0 Å². The van der Waals surface area contributed by atoms with Crippen LogP contribution in [0.1, 0.15) is 66.5 Å². The quantitative estimate of drug-likeness (QED) is 0.381. The molecule has 4 heterocycles. The van der Waals surface area contributed by atoms with Crippen molar-refractivity contribution in [3.63, 3.8) is 0 Å². The highest BCUT2D eigenvalue weighted by Crippen LogP contribution is 2.50. The average Bonchev–Trinajstić information content (AvgIpc) is 3.41. The Hall–Kier alpha value is -2.62. The number of carbonyl (C=O) groups is 1. The maximum Gasteiger partial charge on any atom is 0.259 e. The zero-order chi connectivity index (χ0) is 25.4. The third kappa shape index (κ3) is 4.96. The lowest BCUT2D eigenvalue weighted by Gasteiger charge is -2.39. The van der Waals surface area contributed by atoms with Gasteiger partial charge in [0.1, 0.15) is 15.9 Å². The monoisotopic (exact) mass is 527 g/mol. The average molecular weight is 528 g/mol. The first-order valence-corrected chi connectivity index (χ1v) is 13.4. The van der Waals surface area contributed by atoms with Crippen LogP contribution >= 0.6 is 22.9 Å². The molecule has 2 aliphatic rings. The Morgan fingerprint density at radius 3 is 2.72 bits per heavy atom. The molecule has 1 saturated heterocycles. The van der Waals surface area contributed by atoms with Crippen LogP contribution < -0.4 is 10.1 Å². The van der Waals surface area contributed by atoms with Crippen LogP contribution in [-0.4, -0.2) is 45.4 Å². The van der Waals surface area contributed by atoms with Gasteiger partial charge < -0.3 is 9.47 Å². The first-order valence-electron chi connectivity index (χ1n) is 12.2. The number of hydrogen-bond donors (Lipinski definition) is 1. The summed E-state index contributed by atoms with van der Waals surface area (Å²) >= 11 is 7.61. The number of rotatable bonds is 7. The molecule has 1 saturated carbocycles. The lowest BCUT2D eigenvalue weighted by atomic mass is 9.68. The molecule has 0 bridgehead atoms. The number of aromatic nitrogens is 4. The highest BCUT2D eigenvalue weighted by atomic mass is 35.5. The van der Waals surface area contributed by atoms with Crippen LogP contribution in [0.3, 0.4) is 0 Å². The van der Waals surface area contributed by atoms with E-state index in [1.54, 1.807) is 25.6 Å². The number of carbonyl (C=O) groups excluding carboxylic acids is 1. The van der Waals surface area contributed by atoms with E-state index in [0.717, 1.165) is 36.6 Å². The summed E-state index contributed by atoms with van der Waals surface area (Å²) in [7, 11) is 1.55. The number of pyridine rings is 2. The van der Waals surface area contributed by atoms with Gasteiger partial charge >= 0.3 is 0 Å². The number of anilines is 1. The van der Waals surface area contributed by atoms with Crippen molar-refractivity contribution in [2.45, 2.75) is 58.0 Å². The molecule has 190 valence electrons. The summed E-state index contributed by atoms with van der Waals surface area (Å²) in [6.07, 6.45) is 7.67. The van der Waals surface area contributed by atoms with Crippen molar-refractivity contribution >= 4 is 34.0 Å². The van der Waals surface area contributed by atoms with E-state index >= 15 is 0 Å². The van der Waals surface area contributed by atoms with Gasteiger partial charge in [0, 0.05) is 35.5 Å². The SMILES string of the molecule is COc1cnc(Cl)cc1-c1cc(C)ncc1C(=O)Nc1nnc(C2CCC2C[C@H]2CCOC2(C)C)s1. The third-order valence-electron chi connectivity index (χ3n) is 7.54. The fourth-order valence-corrected chi connectivity index (χ4v) is 6.35. The molecule has 1 aliphatic carbocycles. The predicted molar refractivity (Wildman–Crippen MR) is 140 cm³/mol. The molecule has 1 aliphatic heterocycles. The zero-order valence-corrected chi connectivity index (χ0v) is 22.4. The number of hydrogen-bond acceptors (Lipinski definition) is 8. The van der Waals surface area contributed by atoms with Crippen LogP contribution in [0, 0.1) is 18.8 Å². The molecule has 0 spiro atoms. The van der Waals surface area contributed by atoms with Gasteiger partial charge in [-0.2, -0.15) is 0 Å². The molecular weight excluding hydrogens is 498 g/mol. The molecule has 10 heteroatoms. The lowest BCUT2D eigenvalue weighted by Crippen LogP contribution is -2.33. The van der Waals surface area contributed by atoms with Gasteiger partial charge in [-0.3, -0.25) is 15.1 Å². The fraction of sp³-hybridized carbons (Fsp3) is 0.500. The minimum absolute atomic E-state index is 0.0537. The number of nitrogens with one attached hydrogen (secondary N) is 1. The van der Waals surface area contributed by atoms with Gasteiger partial charge in [0.05, 0.1) is 24.5 Å². The number of ether oxygens (including phenoxy) is 2. The Kier molecular flexibility index (Phi) is 6.98. The molecule has 2 fully saturated rings. The van der Waals surface area contributed by atoms with Crippen molar-refractivity contribution in [1.82, 2.24) is 20.2 Å². The standard InChI is InChI=1S/C26H30ClN5O3S/c1-14-9-18(19-11-22(27)29-13-21(19)34-4)20(12-28-14)23(33)30-25-32-31-24(36-25)17-6-5-15(17)10-16-7-8-35-26(16,2)3/h9,11-13,15-17H,5-8,10H2,1-4H3,(H,30,32,33)/t15?,16-,17?/m1/s1. The highest BCUT2D eigenvalue weighted by Gasteiger charge is 2.42. The van der Waals surface area contributed by atoms with Crippen molar-refractivity contribution in [3.05, 3.63) is 45.9 Å². The second-order valence-electron chi connectivity index (χ2n) is 10.1. The van der Waals surface area contributed by atoms with Crippen molar-refractivity contribution in [2.75, 3.05) is 19.0 Å². The molecule has 36 heavy (non-hydrogen) atoms. The lowest BCUT2D eigenvalue weighted by molar-refractivity contribution is 0.000362. The maximum atomic E-state index is 13.3. The van der Waals surface area contributed by atoms with Gasteiger partial charge in [-0.05, 0) is 70.4 Å². The van der Waals surface area contributed by atoms with Gasteiger partial charge in [-0.25, -0.2) is 4.98 Å². The molecule has 1 N–H and O–H groups in total. The minimum atomic E-state index is -0.315. The number of nitrogens with zero attached hydrogens (tertiary/aromatic N) is 4. The van der Waals surface area contributed by atoms with Crippen molar-refractivity contribution in [2.24, 2.45) is 11.8 Å². The maximum absolute atomic E-state index is 13.3. The summed E-state index contributed by atoms with van der Waals surface area (Å²) in [5.41, 5.74) is 2.43. The van der Waals surface area contributed by atoms with Crippen LogP contribution in [0.15, 0.2) is 24.5 Å². The Bertz CT molecular complexity index is 1280. The number of methoxy groups -OCH3 is 1. The molecule has 1 amide bonds. The van der Waals surface area contributed by atoms with Crippen LogP contribution in [0.4, 0.5) is 5.13 Å². The summed E-state index contributed by atoms with van der Waals surface area (Å²) in [5, 5.41) is 13.4. The third-order valence-corrected chi connectivity index (χ3v) is 8.71.